The largest absolute Gasteiger partial charge is 0.483 e. The minimum Gasteiger partial charge on any atom is -0.483 e. The van der Waals surface area contributed by atoms with Crippen LogP contribution in [0.15, 0.2) is 36.7 Å². The zero-order valence-corrected chi connectivity index (χ0v) is 14.4. The Balaban J connectivity index is 1.83. The molecule has 138 valence electrons. The smallest absolute Gasteiger partial charge is 0.257 e. The zero-order chi connectivity index (χ0) is 18.8. The average molecular weight is 366 g/mol. The number of amides is 2. The zero-order valence-electron chi connectivity index (χ0n) is 14.4. The molecule has 1 aliphatic rings. The fourth-order valence-electron chi connectivity index (χ4n) is 2.91. The molecule has 4 rings (SSSR count). The third-order valence-electron chi connectivity index (χ3n) is 4.27. The fourth-order valence-corrected chi connectivity index (χ4v) is 2.91. The Bertz CT molecular complexity index is 1030. The first-order chi connectivity index (χ1) is 13.1. The number of primary amides is 1. The summed E-state index contributed by atoms with van der Waals surface area (Å²) in [6.45, 7) is 0.956. The van der Waals surface area contributed by atoms with Crippen LogP contribution in [0.25, 0.3) is 16.8 Å². The predicted molar refractivity (Wildman–Crippen MR) is 98.6 cm³/mol. The summed E-state index contributed by atoms with van der Waals surface area (Å²) in [4.78, 5) is 28.3. The molecule has 0 saturated carbocycles. The maximum atomic E-state index is 12.0. The summed E-state index contributed by atoms with van der Waals surface area (Å²) in [7, 11) is 0. The number of nitrogens with zero attached hydrogens (tertiary/aromatic N) is 3. The van der Waals surface area contributed by atoms with Gasteiger partial charge >= 0.3 is 0 Å². The van der Waals surface area contributed by atoms with Crippen LogP contribution in [0.5, 0.6) is 5.75 Å². The Hall–Kier alpha value is -3.62. The van der Waals surface area contributed by atoms with Crippen molar-refractivity contribution in [3.05, 3.63) is 42.2 Å². The number of nitrogens with two attached hydrogens (primary N) is 1. The summed E-state index contributed by atoms with van der Waals surface area (Å²) < 4.78 is 7.25. The third kappa shape index (κ3) is 3.39. The molecule has 4 bridgehead atoms. The van der Waals surface area contributed by atoms with Crippen molar-refractivity contribution in [1.29, 1.82) is 0 Å². The van der Waals surface area contributed by atoms with E-state index in [-0.39, 0.29) is 23.8 Å². The number of carbonyl (C=O) groups excluding carboxylic acids is 2. The lowest BCUT2D eigenvalue weighted by molar-refractivity contribution is -0.123. The molecule has 3 heterocycles. The van der Waals surface area contributed by atoms with Gasteiger partial charge in [0, 0.05) is 24.8 Å². The van der Waals surface area contributed by atoms with Crippen molar-refractivity contribution >= 4 is 23.3 Å². The van der Waals surface area contributed by atoms with Crippen LogP contribution in [0, 0.1) is 0 Å². The quantitative estimate of drug-likeness (QED) is 0.585. The van der Waals surface area contributed by atoms with Crippen LogP contribution >= 0.6 is 0 Å². The average Bonchev–Trinajstić information content (AvgIpc) is 3.08. The fraction of sp³-hybridized carbons (Fsp3) is 0.222. The molecule has 4 N–H and O–H groups in total. The number of anilines is 1. The van der Waals surface area contributed by atoms with Crippen molar-refractivity contribution in [3.8, 4) is 16.9 Å². The molecule has 27 heavy (non-hydrogen) atoms. The molecule has 0 saturated heterocycles. The van der Waals surface area contributed by atoms with Gasteiger partial charge in [0.1, 0.15) is 11.6 Å². The first-order valence-corrected chi connectivity index (χ1v) is 8.54. The molecule has 0 fully saturated rings. The number of carbonyl (C=O) groups is 2. The summed E-state index contributed by atoms with van der Waals surface area (Å²) >= 11 is 0. The molecule has 0 unspecified atom stereocenters. The Kier molecular flexibility index (Phi) is 4.33. The maximum Gasteiger partial charge on any atom is 0.257 e. The molecular formula is C18H18N6O3. The lowest BCUT2D eigenvalue weighted by Gasteiger charge is -2.11. The summed E-state index contributed by atoms with van der Waals surface area (Å²) in [6, 6.07) is 6.84. The topological polar surface area (TPSA) is 124 Å². The van der Waals surface area contributed by atoms with Gasteiger partial charge in [0.25, 0.3) is 11.8 Å². The Morgan fingerprint density at radius 1 is 1.22 bits per heavy atom. The third-order valence-corrected chi connectivity index (χ3v) is 4.27. The van der Waals surface area contributed by atoms with Gasteiger partial charge in [-0.2, -0.15) is 5.10 Å². The van der Waals surface area contributed by atoms with Crippen molar-refractivity contribution < 1.29 is 14.3 Å². The van der Waals surface area contributed by atoms with Gasteiger partial charge in [-0.3, -0.25) is 9.59 Å². The second kappa shape index (κ2) is 6.94. The predicted octanol–water partition coefficient (Wildman–Crippen LogP) is 0.806. The number of fused-ring (bicyclic) bond motifs is 4. The molecule has 1 aromatic carbocycles. The van der Waals surface area contributed by atoms with Gasteiger partial charge in [-0.25, -0.2) is 9.50 Å². The first kappa shape index (κ1) is 16.8. The van der Waals surface area contributed by atoms with Crippen LogP contribution in [0.4, 0.5) is 5.82 Å². The molecule has 2 aromatic heterocycles. The van der Waals surface area contributed by atoms with Gasteiger partial charge in [-0.1, -0.05) is 6.07 Å². The number of ether oxygens (including phenoxy) is 1. The van der Waals surface area contributed by atoms with E-state index < -0.39 is 5.91 Å². The molecule has 0 radical (unpaired) electrons. The number of rotatable bonds is 1. The molecule has 9 heteroatoms. The van der Waals surface area contributed by atoms with Crippen molar-refractivity contribution in [3.63, 3.8) is 0 Å². The normalized spacial score (nSPS) is 14.6. The lowest BCUT2D eigenvalue weighted by atomic mass is 10.1. The minimum absolute atomic E-state index is 0.202. The Morgan fingerprint density at radius 2 is 2.07 bits per heavy atom. The van der Waals surface area contributed by atoms with E-state index in [1.807, 2.05) is 12.3 Å². The van der Waals surface area contributed by atoms with Crippen molar-refractivity contribution in [2.75, 3.05) is 25.0 Å². The molecule has 2 amide bonds. The number of hydrogen-bond donors (Lipinski definition) is 3. The van der Waals surface area contributed by atoms with Gasteiger partial charge < -0.3 is 21.1 Å². The second-order valence-corrected chi connectivity index (χ2v) is 6.13. The van der Waals surface area contributed by atoms with Crippen LogP contribution in [0.1, 0.15) is 16.8 Å². The van der Waals surface area contributed by atoms with E-state index in [9.17, 15) is 9.59 Å². The number of nitrogens with one attached hydrogen (secondary N) is 2. The second-order valence-electron chi connectivity index (χ2n) is 6.13. The number of hydrogen-bond acceptors (Lipinski definition) is 6. The Morgan fingerprint density at radius 3 is 2.93 bits per heavy atom. The number of aromatic nitrogens is 3. The highest BCUT2D eigenvalue weighted by atomic mass is 16.5. The highest BCUT2D eigenvalue weighted by Gasteiger charge is 2.16. The molecule has 0 spiro atoms. The molecular weight excluding hydrogens is 348 g/mol. The highest BCUT2D eigenvalue weighted by molar-refractivity contribution is 5.97. The van der Waals surface area contributed by atoms with Crippen LogP contribution in [-0.4, -0.2) is 46.1 Å². The van der Waals surface area contributed by atoms with Crippen LogP contribution < -0.4 is 21.1 Å². The van der Waals surface area contributed by atoms with Gasteiger partial charge in [0.15, 0.2) is 12.3 Å². The Labute approximate surface area is 154 Å². The molecule has 3 aromatic rings. The monoisotopic (exact) mass is 366 g/mol. The van der Waals surface area contributed by atoms with Gasteiger partial charge in [0.2, 0.25) is 0 Å². The number of benzene rings is 1. The molecule has 0 atom stereocenters. The summed E-state index contributed by atoms with van der Waals surface area (Å²) in [5.41, 5.74) is 7.84. The lowest BCUT2D eigenvalue weighted by Crippen LogP contribution is -2.31. The van der Waals surface area contributed by atoms with E-state index in [0.717, 1.165) is 23.4 Å². The summed E-state index contributed by atoms with van der Waals surface area (Å²) in [6.07, 6.45) is 4.24. The maximum absolute atomic E-state index is 12.0. The highest BCUT2D eigenvalue weighted by Crippen LogP contribution is 2.30. The van der Waals surface area contributed by atoms with Gasteiger partial charge in [0.05, 0.1) is 11.8 Å². The van der Waals surface area contributed by atoms with Crippen molar-refractivity contribution in [2.24, 2.45) is 5.73 Å². The molecule has 1 aliphatic heterocycles. The first-order valence-electron chi connectivity index (χ1n) is 8.54. The van der Waals surface area contributed by atoms with Crippen LogP contribution in [0.3, 0.4) is 0 Å². The van der Waals surface area contributed by atoms with Gasteiger partial charge in [-0.05, 0) is 30.2 Å². The van der Waals surface area contributed by atoms with E-state index >= 15 is 0 Å². The van der Waals surface area contributed by atoms with E-state index in [1.165, 1.54) is 0 Å². The molecule has 0 aliphatic carbocycles. The van der Waals surface area contributed by atoms with E-state index in [2.05, 4.69) is 20.7 Å². The van der Waals surface area contributed by atoms with Crippen LogP contribution in [-0.2, 0) is 4.79 Å². The van der Waals surface area contributed by atoms with Crippen molar-refractivity contribution in [1.82, 2.24) is 19.9 Å². The minimum atomic E-state index is -0.626. The van der Waals surface area contributed by atoms with E-state index in [1.54, 1.807) is 28.9 Å². The van der Waals surface area contributed by atoms with E-state index in [4.69, 9.17) is 10.5 Å². The van der Waals surface area contributed by atoms with Gasteiger partial charge in [-0.15, -0.1) is 0 Å². The van der Waals surface area contributed by atoms with E-state index in [0.29, 0.717) is 18.7 Å². The van der Waals surface area contributed by atoms with Crippen LogP contribution in [0.2, 0.25) is 0 Å². The standard InChI is InChI=1S/C18H18N6O3/c19-17(26)12-3-2-11-8-14(12)27-10-16(25)21-6-1-5-20-15-4-7-24-18(23-15)13(11)9-22-24/h2-4,7-9H,1,5-6,10H2,(H2,19,26)(H,20,23)(H,21,25). The summed E-state index contributed by atoms with van der Waals surface area (Å²) in [5.74, 6) is 0.0750. The summed E-state index contributed by atoms with van der Waals surface area (Å²) in [5, 5.41) is 10.3. The molecule has 9 nitrogen and oxygen atoms in total. The van der Waals surface area contributed by atoms with Crippen molar-refractivity contribution in [2.45, 2.75) is 6.42 Å². The SMILES string of the molecule is NC(=O)c1ccc2cc1OCC(=O)NCCCNc1ccn3ncc-2c3n1.